The Bertz CT molecular complexity index is 965. The Kier molecular flexibility index (Phi) is 6.32. The highest BCUT2D eigenvalue weighted by Crippen LogP contribution is 2.38. The molecule has 1 aliphatic rings. The van der Waals surface area contributed by atoms with E-state index in [4.69, 9.17) is 17.0 Å². The molecule has 0 atom stereocenters. The molecule has 0 spiro atoms. The lowest BCUT2D eigenvalue weighted by Gasteiger charge is -2.19. The molecule has 1 fully saturated rings. The lowest BCUT2D eigenvalue weighted by atomic mass is 10.0. The molecule has 28 heavy (non-hydrogen) atoms. The first-order chi connectivity index (χ1) is 13.4. The normalized spacial score (nSPS) is 14.9. The summed E-state index contributed by atoms with van der Waals surface area (Å²) in [6, 6.07) is 7.46. The lowest BCUT2D eigenvalue weighted by molar-refractivity contribution is -0.131. The Labute approximate surface area is 178 Å². The van der Waals surface area contributed by atoms with Crippen molar-refractivity contribution in [3.05, 3.63) is 39.7 Å². The number of amides is 2. The van der Waals surface area contributed by atoms with Gasteiger partial charge in [0.25, 0.3) is 0 Å². The van der Waals surface area contributed by atoms with Gasteiger partial charge in [0.2, 0.25) is 11.8 Å². The highest BCUT2D eigenvalue weighted by Gasteiger charge is 2.31. The second kappa shape index (κ2) is 8.72. The van der Waals surface area contributed by atoms with E-state index in [2.05, 4.69) is 31.6 Å². The molecule has 1 aromatic heterocycles. The van der Waals surface area contributed by atoms with Gasteiger partial charge in [-0.1, -0.05) is 28.1 Å². The van der Waals surface area contributed by atoms with Crippen molar-refractivity contribution < 1.29 is 19.1 Å². The minimum absolute atomic E-state index is 0.0412. The maximum atomic E-state index is 12.5. The van der Waals surface area contributed by atoms with Gasteiger partial charge in [0.1, 0.15) is 10.6 Å². The largest absolute Gasteiger partial charge is 0.462 e. The van der Waals surface area contributed by atoms with Gasteiger partial charge in [-0.05, 0) is 36.8 Å². The van der Waals surface area contributed by atoms with Crippen LogP contribution in [0.1, 0.15) is 17.3 Å². The summed E-state index contributed by atoms with van der Waals surface area (Å²) in [5.41, 5.74) is 1.78. The van der Waals surface area contributed by atoms with E-state index in [-0.39, 0.29) is 17.3 Å². The SMILES string of the molecule is CCOC(=O)c1c(-c2ccc(Br)cc2)csc1N=CC1C(=O)NC(=S)NC1=O. The van der Waals surface area contributed by atoms with Crippen LogP contribution in [0.2, 0.25) is 0 Å². The molecule has 144 valence electrons. The van der Waals surface area contributed by atoms with Crippen LogP contribution < -0.4 is 10.6 Å². The van der Waals surface area contributed by atoms with Gasteiger partial charge in [0, 0.05) is 21.6 Å². The minimum atomic E-state index is -1.14. The van der Waals surface area contributed by atoms with Crippen LogP contribution in [0.4, 0.5) is 5.00 Å². The van der Waals surface area contributed by atoms with E-state index in [0.29, 0.717) is 10.6 Å². The number of rotatable bonds is 5. The van der Waals surface area contributed by atoms with Crippen LogP contribution in [0, 0.1) is 5.92 Å². The van der Waals surface area contributed by atoms with E-state index < -0.39 is 23.7 Å². The summed E-state index contributed by atoms with van der Waals surface area (Å²) in [6.45, 7) is 1.93. The number of nitrogens with one attached hydrogen (secondary N) is 2. The molecule has 2 heterocycles. The quantitative estimate of drug-likeness (QED) is 0.297. The van der Waals surface area contributed by atoms with Gasteiger partial charge < -0.3 is 15.4 Å². The van der Waals surface area contributed by atoms with E-state index in [1.54, 1.807) is 12.3 Å². The van der Waals surface area contributed by atoms with Gasteiger partial charge in [-0.2, -0.15) is 0 Å². The van der Waals surface area contributed by atoms with Gasteiger partial charge in [-0.3, -0.25) is 9.59 Å². The standard InChI is InChI=1S/C18H14BrN3O4S2/c1-2-26-17(25)13-12(9-3-5-10(19)6-4-9)8-28-16(13)20-7-11-14(23)21-18(27)22-15(11)24/h3-8,11H,2H2,1H3,(H2,21,22,23,24,27). The van der Waals surface area contributed by atoms with Crippen LogP contribution in [0.15, 0.2) is 39.1 Å². The number of esters is 1. The van der Waals surface area contributed by atoms with Crippen molar-refractivity contribution in [2.75, 3.05) is 6.61 Å². The number of thiocarbonyl (C=S) groups is 1. The molecule has 1 aliphatic heterocycles. The number of carbonyl (C=O) groups excluding carboxylic acids is 3. The average Bonchev–Trinajstić information content (AvgIpc) is 3.05. The monoisotopic (exact) mass is 479 g/mol. The Morgan fingerprint density at radius 2 is 1.93 bits per heavy atom. The molecule has 2 aromatic rings. The highest BCUT2D eigenvalue weighted by molar-refractivity contribution is 9.10. The van der Waals surface area contributed by atoms with E-state index in [1.165, 1.54) is 17.6 Å². The molecule has 1 saturated heterocycles. The van der Waals surface area contributed by atoms with Crippen molar-refractivity contribution in [2.24, 2.45) is 10.9 Å². The number of benzene rings is 1. The fourth-order valence-electron chi connectivity index (χ4n) is 2.49. The van der Waals surface area contributed by atoms with Crippen LogP contribution in [0.5, 0.6) is 0 Å². The number of hydrogen-bond acceptors (Lipinski definition) is 7. The number of nitrogens with zero attached hydrogens (tertiary/aromatic N) is 1. The molecular formula is C18H14BrN3O4S2. The van der Waals surface area contributed by atoms with E-state index in [0.717, 1.165) is 10.0 Å². The van der Waals surface area contributed by atoms with Crippen molar-refractivity contribution in [1.82, 2.24) is 10.6 Å². The summed E-state index contributed by atoms with van der Waals surface area (Å²) in [5, 5.41) is 6.83. The summed E-state index contributed by atoms with van der Waals surface area (Å²) < 4.78 is 6.08. The molecule has 0 radical (unpaired) electrons. The smallest absolute Gasteiger partial charge is 0.341 e. The third-order valence-corrected chi connectivity index (χ3v) is 5.40. The number of hydrogen-bond donors (Lipinski definition) is 2. The van der Waals surface area contributed by atoms with E-state index >= 15 is 0 Å². The number of aliphatic imine (C=N–C) groups is 1. The maximum absolute atomic E-state index is 12.5. The molecular weight excluding hydrogens is 466 g/mol. The van der Waals surface area contributed by atoms with Crippen LogP contribution in [0.3, 0.4) is 0 Å². The van der Waals surface area contributed by atoms with Gasteiger partial charge in [0.15, 0.2) is 11.0 Å². The van der Waals surface area contributed by atoms with Crippen LogP contribution in [0.25, 0.3) is 11.1 Å². The van der Waals surface area contributed by atoms with Crippen LogP contribution in [-0.2, 0) is 14.3 Å². The zero-order valence-electron chi connectivity index (χ0n) is 14.5. The van der Waals surface area contributed by atoms with Gasteiger partial charge in [0.05, 0.1) is 6.61 Å². The fourth-order valence-corrected chi connectivity index (χ4v) is 3.87. The molecule has 0 bridgehead atoms. The van der Waals surface area contributed by atoms with Crippen LogP contribution in [-0.4, -0.2) is 35.7 Å². The topological polar surface area (TPSA) is 96.9 Å². The van der Waals surface area contributed by atoms with Crippen molar-refractivity contribution in [3.63, 3.8) is 0 Å². The second-order valence-electron chi connectivity index (χ2n) is 5.62. The molecule has 7 nitrogen and oxygen atoms in total. The molecule has 0 unspecified atom stereocenters. The van der Waals surface area contributed by atoms with Crippen molar-refractivity contribution in [1.29, 1.82) is 0 Å². The maximum Gasteiger partial charge on any atom is 0.341 e. The summed E-state index contributed by atoms with van der Waals surface area (Å²) in [5.74, 6) is -2.80. The Balaban J connectivity index is 1.97. The fraction of sp³-hybridized carbons (Fsp3) is 0.167. The predicted molar refractivity (Wildman–Crippen MR) is 114 cm³/mol. The summed E-state index contributed by atoms with van der Waals surface area (Å²) in [7, 11) is 0. The first kappa shape index (κ1) is 20.3. The van der Waals surface area contributed by atoms with E-state index in [9.17, 15) is 14.4 Å². The third-order valence-electron chi connectivity index (χ3n) is 3.79. The van der Waals surface area contributed by atoms with Crippen molar-refractivity contribution in [3.8, 4) is 11.1 Å². The molecule has 2 N–H and O–H groups in total. The predicted octanol–water partition coefficient (Wildman–Crippen LogP) is 3.20. The van der Waals surface area contributed by atoms with Crippen molar-refractivity contribution in [2.45, 2.75) is 6.92 Å². The number of ether oxygens (including phenoxy) is 1. The summed E-state index contributed by atoms with van der Waals surface area (Å²) >= 11 is 9.37. The van der Waals surface area contributed by atoms with Gasteiger partial charge in [-0.15, -0.1) is 11.3 Å². The van der Waals surface area contributed by atoms with Crippen LogP contribution >= 0.6 is 39.5 Å². The Hall–Kier alpha value is -2.43. The van der Waals surface area contributed by atoms with Crippen molar-refractivity contribution >= 4 is 73.6 Å². The number of carbonyl (C=O) groups is 3. The minimum Gasteiger partial charge on any atom is -0.462 e. The summed E-state index contributed by atoms with van der Waals surface area (Å²) in [6.07, 6.45) is 1.20. The zero-order valence-corrected chi connectivity index (χ0v) is 17.7. The Morgan fingerprint density at radius 1 is 1.29 bits per heavy atom. The van der Waals surface area contributed by atoms with Gasteiger partial charge in [-0.25, -0.2) is 9.79 Å². The zero-order chi connectivity index (χ0) is 20.3. The average molecular weight is 480 g/mol. The molecule has 2 amide bonds. The Morgan fingerprint density at radius 3 is 2.54 bits per heavy atom. The molecule has 0 aliphatic carbocycles. The summed E-state index contributed by atoms with van der Waals surface area (Å²) in [4.78, 5) is 40.7. The first-order valence-electron chi connectivity index (χ1n) is 8.15. The lowest BCUT2D eigenvalue weighted by Crippen LogP contribution is -2.56. The van der Waals surface area contributed by atoms with Gasteiger partial charge >= 0.3 is 5.97 Å². The molecule has 10 heteroatoms. The number of thiophene rings is 1. The molecule has 3 rings (SSSR count). The molecule has 1 aromatic carbocycles. The third kappa shape index (κ3) is 4.34. The van der Waals surface area contributed by atoms with E-state index in [1.807, 2.05) is 24.3 Å². The number of halogens is 1. The second-order valence-corrected chi connectivity index (χ2v) is 7.80. The highest BCUT2D eigenvalue weighted by atomic mass is 79.9. The molecule has 0 saturated carbocycles. The first-order valence-corrected chi connectivity index (χ1v) is 10.2.